The van der Waals surface area contributed by atoms with Crippen molar-refractivity contribution in [3.63, 3.8) is 0 Å². The molecule has 4 aliphatic rings. The van der Waals surface area contributed by atoms with Crippen molar-refractivity contribution in [1.82, 2.24) is 24.3 Å². The highest BCUT2D eigenvalue weighted by atomic mass is 19.4. The van der Waals surface area contributed by atoms with Gasteiger partial charge in [-0.15, -0.1) is 13.2 Å². The Labute approximate surface area is 197 Å². The number of nitrogen functional groups attached to an aromatic ring is 1. The van der Waals surface area contributed by atoms with Gasteiger partial charge in [0.25, 0.3) is 0 Å². The SMILES string of the molecule is CN1CCN(C2C[C@@H]3C(n4cc(-c5cnc(N)c(OC(F)(F)F)c5)nc4CC4CC4)[C@@H]3C2)CC1. The molecule has 0 amide bonds. The lowest BCUT2D eigenvalue weighted by Gasteiger charge is -2.37. The van der Waals surface area contributed by atoms with Crippen LogP contribution in [0.25, 0.3) is 11.3 Å². The van der Waals surface area contributed by atoms with E-state index in [2.05, 4.69) is 31.1 Å². The largest absolute Gasteiger partial charge is 0.573 e. The Morgan fingerprint density at radius 1 is 1.12 bits per heavy atom. The quantitative estimate of drug-likeness (QED) is 0.687. The third-order valence-corrected chi connectivity index (χ3v) is 8.13. The molecule has 34 heavy (non-hydrogen) atoms. The van der Waals surface area contributed by atoms with Crippen molar-refractivity contribution < 1.29 is 17.9 Å². The van der Waals surface area contributed by atoms with E-state index in [1.165, 1.54) is 37.9 Å². The maximum Gasteiger partial charge on any atom is 0.573 e. The predicted molar refractivity (Wildman–Crippen MR) is 121 cm³/mol. The van der Waals surface area contributed by atoms with Crippen LogP contribution in [0.1, 0.15) is 37.5 Å². The smallest absolute Gasteiger partial charge is 0.402 e. The number of rotatable bonds is 6. The molecule has 1 saturated heterocycles. The summed E-state index contributed by atoms with van der Waals surface area (Å²) in [5.41, 5.74) is 6.74. The van der Waals surface area contributed by atoms with E-state index in [0.717, 1.165) is 38.4 Å². The Kier molecular flexibility index (Phi) is 5.29. The number of imidazole rings is 1. The molecule has 3 heterocycles. The molecular weight excluding hydrogens is 445 g/mol. The van der Waals surface area contributed by atoms with E-state index in [0.29, 0.717) is 41.1 Å². The van der Waals surface area contributed by atoms with Gasteiger partial charge in [-0.2, -0.15) is 0 Å². The molecule has 0 bridgehead atoms. The van der Waals surface area contributed by atoms with Crippen molar-refractivity contribution in [2.75, 3.05) is 39.0 Å². The lowest BCUT2D eigenvalue weighted by Crippen LogP contribution is -2.48. The summed E-state index contributed by atoms with van der Waals surface area (Å²) in [7, 11) is 2.19. The van der Waals surface area contributed by atoms with Crippen LogP contribution in [0.5, 0.6) is 5.75 Å². The first-order valence-electron chi connectivity index (χ1n) is 12.3. The highest BCUT2D eigenvalue weighted by Gasteiger charge is 2.58. The molecule has 2 N–H and O–H groups in total. The van der Waals surface area contributed by atoms with Crippen LogP contribution in [0, 0.1) is 17.8 Å². The van der Waals surface area contributed by atoms with Crippen LogP contribution in [-0.4, -0.2) is 70.0 Å². The molecule has 10 heteroatoms. The second-order valence-electron chi connectivity index (χ2n) is 10.5. The molecule has 3 aliphatic carbocycles. The van der Waals surface area contributed by atoms with E-state index in [1.54, 1.807) is 0 Å². The van der Waals surface area contributed by atoms with E-state index in [9.17, 15) is 13.2 Å². The number of hydrogen-bond acceptors (Lipinski definition) is 6. The topological polar surface area (TPSA) is 72.4 Å². The fraction of sp³-hybridized carbons (Fsp3) is 0.667. The summed E-state index contributed by atoms with van der Waals surface area (Å²) in [4.78, 5) is 13.8. The van der Waals surface area contributed by atoms with Gasteiger partial charge in [-0.05, 0) is 56.6 Å². The number of nitrogens with two attached hydrogens (primary N) is 1. The van der Waals surface area contributed by atoms with Gasteiger partial charge >= 0.3 is 6.36 Å². The molecule has 2 aromatic rings. The molecule has 0 spiro atoms. The fourth-order valence-corrected chi connectivity index (χ4v) is 6.04. The lowest BCUT2D eigenvalue weighted by molar-refractivity contribution is -0.274. The minimum atomic E-state index is -4.82. The number of nitrogens with zero attached hydrogens (tertiary/aromatic N) is 5. The van der Waals surface area contributed by atoms with Crippen molar-refractivity contribution in [2.45, 2.75) is 50.6 Å². The second kappa shape index (κ2) is 8.12. The summed E-state index contributed by atoms with van der Waals surface area (Å²) >= 11 is 0. The minimum Gasteiger partial charge on any atom is -0.402 e. The normalized spacial score (nSPS) is 29.9. The van der Waals surface area contributed by atoms with Gasteiger partial charge in [-0.1, -0.05) is 0 Å². The Balaban J connectivity index is 1.21. The van der Waals surface area contributed by atoms with E-state index in [4.69, 9.17) is 10.7 Å². The molecular formula is C24H31F3N6O. The van der Waals surface area contributed by atoms with E-state index >= 15 is 0 Å². The maximum absolute atomic E-state index is 12.8. The summed E-state index contributed by atoms with van der Waals surface area (Å²) in [6.45, 7) is 4.59. The molecule has 0 aromatic carbocycles. The Bertz CT molecular complexity index is 1050. The van der Waals surface area contributed by atoms with Crippen molar-refractivity contribution in [3.05, 3.63) is 24.3 Å². The highest BCUT2D eigenvalue weighted by molar-refractivity contribution is 5.64. The average molecular weight is 477 g/mol. The van der Waals surface area contributed by atoms with Crippen LogP contribution in [0.3, 0.4) is 0 Å². The number of pyridine rings is 1. The Morgan fingerprint density at radius 2 is 1.82 bits per heavy atom. The molecule has 6 rings (SSSR count). The van der Waals surface area contributed by atoms with Gasteiger partial charge < -0.3 is 19.9 Å². The number of aromatic nitrogens is 3. The molecule has 7 nitrogen and oxygen atoms in total. The third-order valence-electron chi connectivity index (χ3n) is 8.13. The number of fused-ring (bicyclic) bond motifs is 1. The van der Waals surface area contributed by atoms with Crippen LogP contribution in [0.2, 0.25) is 0 Å². The number of alkyl halides is 3. The van der Waals surface area contributed by atoms with Crippen LogP contribution in [0.15, 0.2) is 18.5 Å². The maximum atomic E-state index is 12.8. The Hall–Kier alpha value is -2.33. The zero-order valence-electron chi connectivity index (χ0n) is 19.3. The summed E-state index contributed by atoms with van der Waals surface area (Å²) in [5.74, 6) is 2.27. The summed E-state index contributed by atoms with van der Waals surface area (Å²) in [6.07, 6.45) is 4.48. The van der Waals surface area contributed by atoms with Gasteiger partial charge in [0.05, 0.1) is 5.69 Å². The molecule has 4 atom stereocenters. The van der Waals surface area contributed by atoms with E-state index in [1.807, 2.05) is 6.20 Å². The zero-order valence-corrected chi connectivity index (χ0v) is 19.3. The van der Waals surface area contributed by atoms with Gasteiger partial charge in [0.2, 0.25) is 0 Å². The van der Waals surface area contributed by atoms with Gasteiger partial charge in [0.15, 0.2) is 11.6 Å². The van der Waals surface area contributed by atoms with Crippen LogP contribution >= 0.6 is 0 Å². The number of anilines is 1. The number of hydrogen-bond donors (Lipinski definition) is 1. The van der Waals surface area contributed by atoms with Crippen LogP contribution in [-0.2, 0) is 6.42 Å². The first-order valence-corrected chi connectivity index (χ1v) is 12.3. The van der Waals surface area contributed by atoms with Crippen molar-refractivity contribution in [1.29, 1.82) is 0 Å². The van der Waals surface area contributed by atoms with Crippen molar-refractivity contribution in [3.8, 4) is 17.0 Å². The zero-order chi connectivity index (χ0) is 23.6. The van der Waals surface area contributed by atoms with Gasteiger partial charge in [0, 0.05) is 62.6 Å². The molecule has 4 fully saturated rings. The van der Waals surface area contributed by atoms with Gasteiger partial charge in [-0.25, -0.2) is 9.97 Å². The first kappa shape index (κ1) is 22.2. The molecule has 3 saturated carbocycles. The van der Waals surface area contributed by atoms with E-state index in [-0.39, 0.29) is 5.82 Å². The highest BCUT2D eigenvalue weighted by Crippen LogP contribution is 2.62. The van der Waals surface area contributed by atoms with Crippen molar-refractivity contribution in [2.24, 2.45) is 17.8 Å². The number of halogens is 3. The first-order chi connectivity index (χ1) is 16.2. The van der Waals surface area contributed by atoms with Gasteiger partial charge in [-0.3, -0.25) is 4.90 Å². The monoisotopic (exact) mass is 476 g/mol. The Morgan fingerprint density at radius 3 is 2.47 bits per heavy atom. The third kappa shape index (κ3) is 4.37. The summed E-state index contributed by atoms with van der Waals surface area (Å²) in [5, 5.41) is 0. The van der Waals surface area contributed by atoms with Gasteiger partial charge in [0.1, 0.15) is 5.82 Å². The van der Waals surface area contributed by atoms with Crippen LogP contribution < -0.4 is 10.5 Å². The molecule has 0 radical (unpaired) electrons. The molecule has 1 aliphatic heterocycles. The van der Waals surface area contributed by atoms with Crippen LogP contribution in [0.4, 0.5) is 19.0 Å². The summed E-state index contributed by atoms with van der Waals surface area (Å²) < 4.78 is 44.7. The number of piperazine rings is 1. The predicted octanol–water partition coefficient (Wildman–Crippen LogP) is 3.58. The number of ether oxygens (including phenoxy) is 1. The molecule has 2 aromatic heterocycles. The second-order valence-corrected chi connectivity index (χ2v) is 10.5. The van der Waals surface area contributed by atoms with Crippen molar-refractivity contribution >= 4 is 5.82 Å². The molecule has 184 valence electrons. The fourth-order valence-electron chi connectivity index (χ4n) is 6.04. The van der Waals surface area contributed by atoms with E-state index < -0.39 is 12.1 Å². The standard InChI is InChI=1S/C24H31F3N6O/c1-31-4-6-32(7-5-31)16-10-17-18(11-16)22(17)33-13-19(30-21(33)8-14-2-3-14)15-9-20(23(28)29-12-15)34-24(25,26)27/h9,12-14,16-18,22H,2-8,10-11H2,1H3,(H2,28,29)/t16?,17-,18+,22?. The molecule has 2 unspecified atom stereocenters. The lowest BCUT2D eigenvalue weighted by atomic mass is 10.1. The minimum absolute atomic E-state index is 0.287. The average Bonchev–Trinajstić information content (AvgIpc) is 3.62. The number of likely N-dealkylation sites (N-methyl/N-ethyl adjacent to an activating group) is 1. The summed E-state index contributed by atoms with van der Waals surface area (Å²) in [6, 6.07) is 2.42.